The fourth-order valence-electron chi connectivity index (χ4n) is 1.73. The third kappa shape index (κ3) is 2.15. The Morgan fingerprint density at radius 3 is 2.82 bits per heavy atom. The zero-order valence-electron chi connectivity index (χ0n) is 9.70. The van der Waals surface area contributed by atoms with Gasteiger partial charge in [0.15, 0.2) is 0 Å². The van der Waals surface area contributed by atoms with Crippen LogP contribution in [-0.4, -0.2) is 4.98 Å². The van der Waals surface area contributed by atoms with E-state index >= 15 is 0 Å². The number of nitrogens with one attached hydrogen (secondary N) is 1. The predicted octanol–water partition coefficient (Wildman–Crippen LogP) is 2.85. The Bertz CT molecular complexity index is 646. The maximum atomic E-state index is 11.6. The van der Waals surface area contributed by atoms with Gasteiger partial charge in [-0.25, -0.2) is 0 Å². The Morgan fingerprint density at radius 2 is 2.24 bits per heavy atom. The number of nitrogens with zero attached hydrogens (tertiary/aromatic N) is 1. The predicted molar refractivity (Wildman–Crippen MR) is 69.2 cm³/mol. The normalized spacial score (nSPS) is 10.2. The summed E-state index contributed by atoms with van der Waals surface area (Å²) in [4.78, 5) is 16.2. The lowest BCUT2D eigenvalue weighted by atomic mass is 10.1. The number of hydrogen-bond donors (Lipinski definition) is 1. The Kier molecular flexibility index (Phi) is 3.12. The molecule has 17 heavy (non-hydrogen) atoms. The highest BCUT2D eigenvalue weighted by atomic mass is 32.1. The molecule has 0 fully saturated rings. The summed E-state index contributed by atoms with van der Waals surface area (Å²) in [6.45, 7) is 3.83. The van der Waals surface area contributed by atoms with Gasteiger partial charge in [-0.3, -0.25) is 4.79 Å². The average molecular weight is 244 g/mol. The van der Waals surface area contributed by atoms with Crippen molar-refractivity contribution in [2.24, 2.45) is 0 Å². The van der Waals surface area contributed by atoms with E-state index in [4.69, 9.17) is 5.26 Å². The quantitative estimate of drug-likeness (QED) is 0.883. The highest BCUT2D eigenvalue weighted by Gasteiger charge is 2.09. The van der Waals surface area contributed by atoms with E-state index < -0.39 is 0 Å². The number of aromatic nitrogens is 1. The zero-order chi connectivity index (χ0) is 12.4. The summed E-state index contributed by atoms with van der Waals surface area (Å²) in [6.07, 6.45) is 0.707. The maximum Gasteiger partial charge on any atom is 0.251 e. The van der Waals surface area contributed by atoms with Crippen LogP contribution in [-0.2, 0) is 6.42 Å². The van der Waals surface area contributed by atoms with Crippen LogP contribution in [0.5, 0.6) is 0 Å². The Balaban J connectivity index is 2.59. The van der Waals surface area contributed by atoms with Crippen LogP contribution in [0.2, 0.25) is 0 Å². The third-order valence-electron chi connectivity index (χ3n) is 2.68. The van der Waals surface area contributed by atoms with Crippen LogP contribution in [0, 0.1) is 18.3 Å². The standard InChI is InChI=1S/C13H12N2OS/c1-3-9-6-11(8(2)15-13(9)16)12-5-4-10(7-14)17-12/h4-6H,3H2,1-2H3,(H,15,16). The smallest absolute Gasteiger partial charge is 0.251 e. The first kappa shape index (κ1) is 11.6. The Hall–Kier alpha value is -1.86. The summed E-state index contributed by atoms with van der Waals surface area (Å²) in [5.41, 5.74) is 2.61. The number of pyridine rings is 1. The molecule has 0 spiro atoms. The molecule has 1 N–H and O–H groups in total. The van der Waals surface area contributed by atoms with E-state index in [0.717, 1.165) is 21.7 Å². The minimum absolute atomic E-state index is 0.0224. The van der Waals surface area contributed by atoms with Crippen LogP contribution in [0.25, 0.3) is 10.4 Å². The minimum Gasteiger partial charge on any atom is -0.326 e. The van der Waals surface area contributed by atoms with E-state index in [0.29, 0.717) is 11.3 Å². The van der Waals surface area contributed by atoms with Crippen molar-refractivity contribution < 1.29 is 0 Å². The fraction of sp³-hybridized carbons (Fsp3) is 0.231. The summed E-state index contributed by atoms with van der Waals surface area (Å²) >= 11 is 1.44. The molecule has 0 bridgehead atoms. The zero-order valence-corrected chi connectivity index (χ0v) is 10.5. The van der Waals surface area contributed by atoms with E-state index in [1.807, 2.05) is 26.0 Å². The molecule has 2 aromatic rings. The number of rotatable bonds is 2. The third-order valence-corrected chi connectivity index (χ3v) is 3.70. The van der Waals surface area contributed by atoms with Crippen molar-refractivity contribution in [2.75, 3.05) is 0 Å². The maximum absolute atomic E-state index is 11.6. The lowest BCUT2D eigenvalue weighted by Crippen LogP contribution is -2.13. The average Bonchev–Trinajstić information content (AvgIpc) is 2.78. The lowest BCUT2D eigenvalue weighted by molar-refractivity contribution is 1.03. The first-order chi connectivity index (χ1) is 8.15. The Morgan fingerprint density at radius 1 is 1.47 bits per heavy atom. The SMILES string of the molecule is CCc1cc(-c2ccc(C#N)s2)c(C)[nH]c1=O. The fourth-order valence-corrected chi connectivity index (χ4v) is 2.60. The first-order valence-electron chi connectivity index (χ1n) is 5.38. The summed E-state index contributed by atoms with van der Waals surface area (Å²) in [7, 11) is 0. The molecule has 0 aliphatic heterocycles. The topological polar surface area (TPSA) is 56.6 Å². The van der Waals surface area contributed by atoms with Crippen molar-refractivity contribution in [3.63, 3.8) is 0 Å². The molecule has 2 heterocycles. The highest BCUT2D eigenvalue weighted by Crippen LogP contribution is 2.29. The van der Waals surface area contributed by atoms with Gasteiger partial charge in [0, 0.05) is 21.7 Å². The summed E-state index contributed by atoms with van der Waals surface area (Å²) in [5.74, 6) is 0. The second-order valence-electron chi connectivity index (χ2n) is 3.79. The molecular weight excluding hydrogens is 232 g/mol. The second kappa shape index (κ2) is 4.56. The van der Waals surface area contributed by atoms with Crippen molar-refractivity contribution in [3.05, 3.63) is 44.7 Å². The number of thiophene rings is 1. The monoisotopic (exact) mass is 244 g/mol. The number of aryl methyl sites for hydroxylation is 2. The Labute approximate surface area is 103 Å². The molecule has 86 valence electrons. The molecule has 0 aliphatic carbocycles. The van der Waals surface area contributed by atoms with Gasteiger partial charge in [-0.2, -0.15) is 5.26 Å². The van der Waals surface area contributed by atoms with E-state index in [1.54, 1.807) is 6.07 Å². The van der Waals surface area contributed by atoms with Crippen molar-refractivity contribution in [2.45, 2.75) is 20.3 Å². The first-order valence-corrected chi connectivity index (χ1v) is 6.20. The number of H-pyrrole nitrogens is 1. The van der Waals surface area contributed by atoms with Crippen molar-refractivity contribution in [1.29, 1.82) is 5.26 Å². The van der Waals surface area contributed by atoms with Gasteiger partial charge < -0.3 is 4.98 Å². The molecule has 4 heteroatoms. The molecule has 0 aliphatic rings. The number of hydrogen-bond acceptors (Lipinski definition) is 3. The minimum atomic E-state index is -0.0224. The van der Waals surface area contributed by atoms with Crippen molar-refractivity contribution in [3.8, 4) is 16.5 Å². The van der Waals surface area contributed by atoms with Gasteiger partial charge in [-0.15, -0.1) is 11.3 Å². The summed E-state index contributed by atoms with van der Waals surface area (Å²) < 4.78 is 0. The van der Waals surface area contributed by atoms with Crippen LogP contribution in [0.3, 0.4) is 0 Å². The van der Waals surface area contributed by atoms with Gasteiger partial charge in [-0.05, 0) is 31.5 Å². The summed E-state index contributed by atoms with van der Waals surface area (Å²) in [5, 5.41) is 8.81. The lowest BCUT2D eigenvalue weighted by Gasteiger charge is -2.05. The molecule has 0 saturated carbocycles. The molecule has 0 amide bonds. The van der Waals surface area contributed by atoms with Crippen LogP contribution in [0.1, 0.15) is 23.1 Å². The highest BCUT2D eigenvalue weighted by molar-refractivity contribution is 7.16. The molecule has 0 radical (unpaired) electrons. The molecule has 0 unspecified atom stereocenters. The number of aromatic amines is 1. The van der Waals surface area contributed by atoms with Crippen LogP contribution in [0.15, 0.2) is 23.0 Å². The van der Waals surface area contributed by atoms with Crippen LogP contribution < -0.4 is 5.56 Å². The van der Waals surface area contributed by atoms with Gasteiger partial charge >= 0.3 is 0 Å². The largest absolute Gasteiger partial charge is 0.326 e. The van der Waals surface area contributed by atoms with E-state index in [2.05, 4.69) is 11.1 Å². The second-order valence-corrected chi connectivity index (χ2v) is 4.88. The van der Waals surface area contributed by atoms with Gasteiger partial charge in [0.05, 0.1) is 0 Å². The van der Waals surface area contributed by atoms with Crippen molar-refractivity contribution >= 4 is 11.3 Å². The van der Waals surface area contributed by atoms with Gasteiger partial charge in [-0.1, -0.05) is 6.92 Å². The summed E-state index contributed by atoms with van der Waals surface area (Å²) in [6, 6.07) is 7.76. The molecular formula is C13H12N2OS. The van der Waals surface area contributed by atoms with Crippen LogP contribution >= 0.6 is 11.3 Å². The van der Waals surface area contributed by atoms with Gasteiger partial charge in [0.1, 0.15) is 10.9 Å². The molecule has 0 saturated heterocycles. The van der Waals surface area contributed by atoms with Crippen molar-refractivity contribution in [1.82, 2.24) is 4.98 Å². The molecule has 2 aromatic heterocycles. The van der Waals surface area contributed by atoms with Gasteiger partial charge in [0.2, 0.25) is 0 Å². The van der Waals surface area contributed by atoms with Crippen LogP contribution in [0.4, 0.5) is 0 Å². The van der Waals surface area contributed by atoms with Gasteiger partial charge in [0.25, 0.3) is 5.56 Å². The number of nitriles is 1. The van der Waals surface area contributed by atoms with E-state index in [-0.39, 0.29) is 5.56 Å². The molecule has 0 atom stereocenters. The van der Waals surface area contributed by atoms with E-state index in [9.17, 15) is 4.79 Å². The molecule has 3 nitrogen and oxygen atoms in total. The van der Waals surface area contributed by atoms with E-state index in [1.165, 1.54) is 11.3 Å². The molecule has 2 rings (SSSR count). The molecule has 0 aromatic carbocycles.